The maximum Gasteiger partial charge on any atom is 0.225 e. The minimum absolute atomic E-state index is 0.400. The molecule has 2 aromatic rings. The summed E-state index contributed by atoms with van der Waals surface area (Å²) in [5.41, 5.74) is 3.76. The fourth-order valence-electron chi connectivity index (χ4n) is 5.08. The van der Waals surface area contributed by atoms with Gasteiger partial charge < -0.3 is 14.4 Å². The third kappa shape index (κ3) is 3.00. The Kier molecular flexibility index (Phi) is 4.59. The van der Waals surface area contributed by atoms with Crippen molar-refractivity contribution in [2.24, 2.45) is 0 Å². The Morgan fingerprint density at radius 2 is 1.96 bits per heavy atom. The van der Waals surface area contributed by atoms with Crippen LogP contribution in [0.2, 0.25) is 0 Å². The Hall–Kier alpha value is -2.34. The maximum absolute atomic E-state index is 5.61. The van der Waals surface area contributed by atoms with E-state index in [9.17, 15) is 0 Å². The molecule has 1 aromatic heterocycles. The van der Waals surface area contributed by atoms with Crippen molar-refractivity contribution in [3.63, 3.8) is 0 Å². The molecule has 0 saturated carbocycles. The molecule has 2 saturated heterocycles. The smallest absolute Gasteiger partial charge is 0.225 e. The number of hydrogen-bond donors (Lipinski definition) is 0. The fraction of sp³-hybridized carbons (Fsp3) is 0.545. The van der Waals surface area contributed by atoms with E-state index >= 15 is 0 Å². The number of hydrogen-bond acceptors (Lipinski definition) is 6. The molecule has 6 heteroatoms. The fourth-order valence-corrected chi connectivity index (χ4v) is 5.08. The van der Waals surface area contributed by atoms with E-state index in [4.69, 9.17) is 19.4 Å². The standard InChI is InChI=1S/C22H28N4O2/c1-27-17-6-8-21(28-2)15(11-17)14-26-16-5-7-20(26)18-13-23-22(24-19(18)12-16)25-9-3-4-10-25/h6,8,11,13,16,20H,3-5,7,9-10,12,14H2,1-2H3. The Balaban J connectivity index is 1.42. The van der Waals surface area contributed by atoms with Crippen molar-refractivity contribution in [1.29, 1.82) is 0 Å². The highest BCUT2D eigenvalue weighted by Crippen LogP contribution is 2.44. The third-order valence-electron chi connectivity index (χ3n) is 6.55. The minimum atomic E-state index is 0.400. The van der Waals surface area contributed by atoms with Gasteiger partial charge in [-0.25, -0.2) is 9.97 Å². The molecule has 3 aliphatic heterocycles. The van der Waals surface area contributed by atoms with Crippen molar-refractivity contribution in [2.75, 3.05) is 32.2 Å². The first-order chi connectivity index (χ1) is 13.8. The Morgan fingerprint density at radius 1 is 1.11 bits per heavy atom. The summed E-state index contributed by atoms with van der Waals surface area (Å²) in [6.07, 6.45) is 8.01. The average molecular weight is 380 g/mol. The Labute approximate surface area is 166 Å². The van der Waals surface area contributed by atoms with Crippen LogP contribution in [0.3, 0.4) is 0 Å². The van der Waals surface area contributed by atoms with Crippen LogP contribution in [-0.4, -0.2) is 48.2 Å². The number of fused-ring (bicyclic) bond motifs is 4. The van der Waals surface area contributed by atoms with Gasteiger partial charge in [-0.1, -0.05) is 0 Å². The molecule has 0 N–H and O–H groups in total. The zero-order valence-corrected chi connectivity index (χ0v) is 16.7. The lowest BCUT2D eigenvalue weighted by Crippen LogP contribution is -2.38. The normalized spacial score (nSPS) is 23.7. The summed E-state index contributed by atoms with van der Waals surface area (Å²) in [4.78, 5) is 14.7. The lowest BCUT2D eigenvalue weighted by molar-refractivity contribution is 0.164. The number of aromatic nitrogens is 2. The highest BCUT2D eigenvalue weighted by atomic mass is 16.5. The van der Waals surface area contributed by atoms with E-state index in [-0.39, 0.29) is 0 Å². The van der Waals surface area contributed by atoms with E-state index in [1.165, 1.54) is 42.5 Å². The van der Waals surface area contributed by atoms with Gasteiger partial charge in [0.25, 0.3) is 0 Å². The van der Waals surface area contributed by atoms with Crippen LogP contribution in [0.5, 0.6) is 11.5 Å². The van der Waals surface area contributed by atoms with Crippen molar-refractivity contribution in [3.05, 3.63) is 41.2 Å². The summed E-state index contributed by atoms with van der Waals surface area (Å²) in [6, 6.07) is 6.99. The minimum Gasteiger partial charge on any atom is -0.497 e. The lowest BCUT2D eigenvalue weighted by atomic mass is 9.98. The van der Waals surface area contributed by atoms with Gasteiger partial charge in [0.1, 0.15) is 11.5 Å². The van der Waals surface area contributed by atoms with Gasteiger partial charge in [-0.05, 0) is 43.9 Å². The Bertz CT molecular complexity index is 866. The molecule has 28 heavy (non-hydrogen) atoms. The molecule has 2 bridgehead atoms. The van der Waals surface area contributed by atoms with Crippen LogP contribution in [0.1, 0.15) is 48.5 Å². The van der Waals surface area contributed by atoms with E-state index in [2.05, 4.69) is 22.1 Å². The monoisotopic (exact) mass is 380 g/mol. The van der Waals surface area contributed by atoms with E-state index in [0.29, 0.717) is 12.1 Å². The first-order valence-electron chi connectivity index (χ1n) is 10.3. The summed E-state index contributed by atoms with van der Waals surface area (Å²) in [5.74, 6) is 2.73. The van der Waals surface area contributed by atoms with Crippen LogP contribution < -0.4 is 14.4 Å². The van der Waals surface area contributed by atoms with Crippen LogP contribution in [0.4, 0.5) is 5.95 Å². The van der Waals surface area contributed by atoms with E-state index in [1.807, 2.05) is 12.1 Å². The maximum atomic E-state index is 5.61. The van der Waals surface area contributed by atoms with Crippen LogP contribution in [-0.2, 0) is 13.0 Å². The number of rotatable bonds is 5. The number of nitrogens with zero attached hydrogens (tertiary/aromatic N) is 4. The largest absolute Gasteiger partial charge is 0.497 e. The highest BCUT2D eigenvalue weighted by molar-refractivity contribution is 5.42. The predicted octanol–water partition coefficient (Wildman–Crippen LogP) is 3.36. The van der Waals surface area contributed by atoms with Gasteiger partial charge in [0.15, 0.2) is 0 Å². The van der Waals surface area contributed by atoms with Crippen molar-refractivity contribution in [1.82, 2.24) is 14.9 Å². The van der Waals surface area contributed by atoms with Crippen molar-refractivity contribution in [2.45, 2.75) is 50.7 Å². The quantitative estimate of drug-likeness (QED) is 0.793. The number of anilines is 1. The van der Waals surface area contributed by atoms with Crippen molar-refractivity contribution < 1.29 is 9.47 Å². The first kappa shape index (κ1) is 17.7. The number of ether oxygens (including phenoxy) is 2. The molecule has 2 fully saturated rings. The van der Waals surface area contributed by atoms with E-state index in [0.717, 1.165) is 43.5 Å². The second kappa shape index (κ2) is 7.24. The Morgan fingerprint density at radius 3 is 2.75 bits per heavy atom. The van der Waals surface area contributed by atoms with Gasteiger partial charge in [-0.15, -0.1) is 0 Å². The topological polar surface area (TPSA) is 50.7 Å². The molecule has 1 aromatic carbocycles. The highest BCUT2D eigenvalue weighted by Gasteiger charge is 2.41. The van der Waals surface area contributed by atoms with Gasteiger partial charge in [0.2, 0.25) is 5.95 Å². The molecule has 0 aliphatic carbocycles. The molecule has 5 rings (SSSR count). The van der Waals surface area contributed by atoms with Crippen LogP contribution in [0, 0.1) is 0 Å². The van der Waals surface area contributed by atoms with Crippen LogP contribution >= 0.6 is 0 Å². The zero-order valence-electron chi connectivity index (χ0n) is 16.7. The second-order valence-electron chi connectivity index (χ2n) is 8.07. The average Bonchev–Trinajstić information content (AvgIpc) is 3.35. The molecule has 6 nitrogen and oxygen atoms in total. The second-order valence-corrected chi connectivity index (χ2v) is 8.07. The molecule has 0 amide bonds. The molecule has 148 valence electrons. The van der Waals surface area contributed by atoms with Gasteiger partial charge in [0, 0.05) is 55.5 Å². The lowest BCUT2D eigenvalue weighted by Gasteiger charge is -2.36. The molecule has 0 spiro atoms. The molecular formula is C22H28N4O2. The number of methoxy groups -OCH3 is 2. The molecule has 3 aliphatic rings. The van der Waals surface area contributed by atoms with Crippen molar-refractivity contribution >= 4 is 5.95 Å². The van der Waals surface area contributed by atoms with E-state index in [1.54, 1.807) is 14.2 Å². The summed E-state index contributed by atoms with van der Waals surface area (Å²) in [7, 11) is 3.45. The summed E-state index contributed by atoms with van der Waals surface area (Å²) in [5, 5.41) is 0. The molecule has 0 radical (unpaired) electrons. The van der Waals surface area contributed by atoms with Crippen LogP contribution in [0.15, 0.2) is 24.4 Å². The summed E-state index contributed by atoms with van der Waals surface area (Å²) in [6.45, 7) is 3.05. The zero-order chi connectivity index (χ0) is 19.1. The molecular weight excluding hydrogens is 352 g/mol. The van der Waals surface area contributed by atoms with E-state index < -0.39 is 0 Å². The molecule has 2 atom stereocenters. The summed E-state index contributed by atoms with van der Waals surface area (Å²) < 4.78 is 11.0. The van der Waals surface area contributed by atoms with Gasteiger partial charge in [-0.2, -0.15) is 0 Å². The van der Waals surface area contributed by atoms with Gasteiger partial charge in [0.05, 0.1) is 19.9 Å². The predicted molar refractivity (Wildman–Crippen MR) is 108 cm³/mol. The van der Waals surface area contributed by atoms with Crippen LogP contribution in [0.25, 0.3) is 0 Å². The molecule has 4 heterocycles. The first-order valence-corrected chi connectivity index (χ1v) is 10.3. The molecule has 2 unspecified atom stereocenters. The number of benzene rings is 1. The SMILES string of the molecule is COc1ccc(OC)c(CN2C3CCC2c2cnc(N4CCCC4)nc2C3)c1. The van der Waals surface area contributed by atoms with Gasteiger partial charge >= 0.3 is 0 Å². The summed E-state index contributed by atoms with van der Waals surface area (Å²) >= 11 is 0. The third-order valence-corrected chi connectivity index (χ3v) is 6.55. The van der Waals surface area contributed by atoms with Gasteiger partial charge in [-0.3, -0.25) is 4.90 Å². The van der Waals surface area contributed by atoms with Crippen molar-refractivity contribution in [3.8, 4) is 11.5 Å².